The SMILES string of the molecule is c1ccc2c(c1)CO[C@@]1(C2)OCc2ccccc21. The second-order valence-electron chi connectivity index (χ2n) is 4.93. The van der Waals surface area contributed by atoms with Gasteiger partial charge in [0.15, 0.2) is 5.79 Å². The average Bonchev–Trinajstić information content (AvgIpc) is 2.78. The minimum Gasteiger partial charge on any atom is -0.341 e. The Labute approximate surface area is 106 Å². The van der Waals surface area contributed by atoms with Crippen molar-refractivity contribution in [3.63, 3.8) is 0 Å². The van der Waals surface area contributed by atoms with Crippen molar-refractivity contribution in [3.05, 3.63) is 70.8 Å². The Morgan fingerprint density at radius 1 is 0.722 bits per heavy atom. The molecule has 4 rings (SSSR count). The monoisotopic (exact) mass is 238 g/mol. The van der Waals surface area contributed by atoms with Gasteiger partial charge in [0.05, 0.1) is 13.2 Å². The summed E-state index contributed by atoms with van der Waals surface area (Å²) in [5, 5.41) is 0. The molecule has 1 atom stereocenters. The summed E-state index contributed by atoms with van der Waals surface area (Å²) in [4.78, 5) is 0. The normalized spacial score (nSPS) is 24.9. The van der Waals surface area contributed by atoms with E-state index in [1.807, 2.05) is 0 Å². The van der Waals surface area contributed by atoms with E-state index in [1.165, 1.54) is 22.3 Å². The molecule has 18 heavy (non-hydrogen) atoms. The third kappa shape index (κ3) is 1.36. The zero-order valence-electron chi connectivity index (χ0n) is 10.1. The van der Waals surface area contributed by atoms with Crippen LogP contribution in [-0.4, -0.2) is 0 Å². The topological polar surface area (TPSA) is 18.5 Å². The average molecular weight is 238 g/mol. The van der Waals surface area contributed by atoms with E-state index in [2.05, 4.69) is 48.5 Å². The first-order chi connectivity index (χ1) is 8.87. The zero-order chi connectivity index (χ0) is 12.0. The number of hydrogen-bond acceptors (Lipinski definition) is 2. The predicted octanol–water partition coefficient (Wildman–Crippen LogP) is 3.14. The van der Waals surface area contributed by atoms with Gasteiger partial charge in [-0.3, -0.25) is 0 Å². The highest BCUT2D eigenvalue weighted by atomic mass is 16.7. The molecule has 0 fully saturated rings. The van der Waals surface area contributed by atoms with Crippen LogP contribution in [0.25, 0.3) is 0 Å². The molecule has 0 bridgehead atoms. The second kappa shape index (κ2) is 3.67. The lowest BCUT2D eigenvalue weighted by molar-refractivity contribution is -0.251. The van der Waals surface area contributed by atoms with Crippen LogP contribution in [0.15, 0.2) is 48.5 Å². The van der Waals surface area contributed by atoms with Crippen LogP contribution >= 0.6 is 0 Å². The third-order valence-corrected chi connectivity index (χ3v) is 3.89. The summed E-state index contributed by atoms with van der Waals surface area (Å²) >= 11 is 0. The molecule has 0 radical (unpaired) electrons. The number of benzene rings is 2. The molecule has 0 N–H and O–H groups in total. The van der Waals surface area contributed by atoms with Crippen LogP contribution in [0.4, 0.5) is 0 Å². The quantitative estimate of drug-likeness (QED) is 0.702. The van der Waals surface area contributed by atoms with Crippen LogP contribution in [-0.2, 0) is 34.9 Å². The zero-order valence-corrected chi connectivity index (χ0v) is 10.1. The van der Waals surface area contributed by atoms with Crippen LogP contribution < -0.4 is 0 Å². The van der Waals surface area contributed by atoms with Gasteiger partial charge < -0.3 is 9.47 Å². The molecule has 0 amide bonds. The van der Waals surface area contributed by atoms with E-state index >= 15 is 0 Å². The van der Waals surface area contributed by atoms with Crippen LogP contribution in [0.2, 0.25) is 0 Å². The van der Waals surface area contributed by atoms with Crippen LogP contribution in [0.1, 0.15) is 22.3 Å². The Hall–Kier alpha value is -1.64. The summed E-state index contributed by atoms with van der Waals surface area (Å²) in [5.74, 6) is -0.551. The molecule has 2 heterocycles. The van der Waals surface area contributed by atoms with Crippen LogP contribution in [0.5, 0.6) is 0 Å². The first-order valence-corrected chi connectivity index (χ1v) is 6.30. The van der Waals surface area contributed by atoms with Gasteiger partial charge in [-0.25, -0.2) is 0 Å². The molecular weight excluding hydrogens is 224 g/mol. The Morgan fingerprint density at radius 2 is 1.33 bits per heavy atom. The van der Waals surface area contributed by atoms with E-state index in [1.54, 1.807) is 0 Å². The Morgan fingerprint density at radius 3 is 2.17 bits per heavy atom. The summed E-state index contributed by atoms with van der Waals surface area (Å²) in [5.41, 5.74) is 5.05. The van der Waals surface area contributed by atoms with Gasteiger partial charge in [-0.2, -0.15) is 0 Å². The van der Waals surface area contributed by atoms with Gasteiger partial charge in [0.1, 0.15) is 0 Å². The van der Waals surface area contributed by atoms with E-state index < -0.39 is 5.79 Å². The lowest BCUT2D eigenvalue weighted by Gasteiger charge is -2.34. The van der Waals surface area contributed by atoms with Crippen LogP contribution in [0, 0.1) is 0 Å². The third-order valence-electron chi connectivity index (χ3n) is 3.89. The summed E-state index contributed by atoms with van der Waals surface area (Å²) in [7, 11) is 0. The number of rotatable bonds is 0. The van der Waals surface area contributed by atoms with Crippen molar-refractivity contribution in [2.75, 3.05) is 0 Å². The first-order valence-electron chi connectivity index (χ1n) is 6.30. The first kappa shape index (κ1) is 10.3. The molecule has 2 aromatic rings. The molecule has 0 aromatic heterocycles. The van der Waals surface area contributed by atoms with Crippen molar-refractivity contribution >= 4 is 0 Å². The maximum Gasteiger partial charge on any atom is 0.199 e. The Bertz CT molecular complexity index is 606. The lowest BCUT2D eigenvalue weighted by atomic mass is 9.91. The molecule has 0 saturated heterocycles. The maximum atomic E-state index is 6.06. The van der Waals surface area contributed by atoms with E-state index in [-0.39, 0.29) is 0 Å². The minimum atomic E-state index is -0.551. The molecular formula is C16H14O2. The molecule has 0 aliphatic carbocycles. The van der Waals surface area contributed by atoms with Crippen molar-refractivity contribution in [1.29, 1.82) is 0 Å². The maximum absolute atomic E-state index is 6.06. The van der Waals surface area contributed by atoms with Crippen molar-refractivity contribution < 1.29 is 9.47 Å². The van der Waals surface area contributed by atoms with Crippen molar-refractivity contribution in [2.45, 2.75) is 25.4 Å². The molecule has 2 aliphatic heterocycles. The highest BCUT2D eigenvalue weighted by Gasteiger charge is 2.43. The van der Waals surface area contributed by atoms with Crippen LogP contribution in [0.3, 0.4) is 0 Å². The van der Waals surface area contributed by atoms with E-state index in [0.717, 1.165) is 6.42 Å². The Balaban J connectivity index is 1.81. The van der Waals surface area contributed by atoms with E-state index in [0.29, 0.717) is 13.2 Å². The fraction of sp³-hybridized carbons (Fsp3) is 0.250. The second-order valence-corrected chi connectivity index (χ2v) is 4.93. The van der Waals surface area contributed by atoms with Gasteiger partial charge >= 0.3 is 0 Å². The summed E-state index contributed by atoms with van der Waals surface area (Å²) in [6.07, 6.45) is 0.806. The molecule has 2 nitrogen and oxygen atoms in total. The highest BCUT2D eigenvalue weighted by Crippen LogP contribution is 2.43. The van der Waals surface area contributed by atoms with Gasteiger partial charge in [0.2, 0.25) is 0 Å². The number of ether oxygens (including phenoxy) is 2. The largest absolute Gasteiger partial charge is 0.341 e. The summed E-state index contributed by atoms with van der Waals surface area (Å²) in [6, 6.07) is 16.8. The predicted molar refractivity (Wildman–Crippen MR) is 67.8 cm³/mol. The van der Waals surface area contributed by atoms with Gasteiger partial charge in [0.25, 0.3) is 0 Å². The highest BCUT2D eigenvalue weighted by molar-refractivity contribution is 5.38. The fourth-order valence-corrected chi connectivity index (χ4v) is 2.92. The number of hydrogen-bond donors (Lipinski definition) is 0. The lowest BCUT2D eigenvalue weighted by Crippen LogP contribution is -2.35. The van der Waals surface area contributed by atoms with Gasteiger partial charge in [0, 0.05) is 12.0 Å². The molecule has 90 valence electrons. The smallest absolute Gasteiger partial charge is 0.199 e. The molecule has 2 aromatic carbocycles. The Kier molecular flexibility index (Phi) is 2.10. The molecule has 0 unspecified atom stereocenters. The molecule has 1 spiro atoms. The molecule has 0 saturated carbocycles. The summed E-state index contributed by atoms with van der Waals surface area (Å²) < 4.78 is 12.0. The van der Waals surface area contributed by atoms with Gasteiger partial charge in [-0.15, -0.1) is 0 Å². The van der Waals surface area contributed by atoms with Crippen molar-refractivity contribution in [1.82, 2.24) is 0 Å². The van der Waals surface area contributed by atoms with Crippen molar-refractivity contribution in [2.24, 2.45) is 0 Å². The van der Waals surface area contributed by atoms with E-state index in [9.17, 15) is 0 Å². The summed E-state index contributed by atoms with van der Waals surface area (Å²) in [6.45, 7) is 1.28. The van der Waals surface area contributed by atoms with Gasteiger partial charge in [-0.05, 0) is 16.7 Å². The standard InChI is InChI=1S/C16H14O2/c1-2-6-13-10-17-16(9-12(13)5-1)15-8-4-3-7-14(15)11-18-16/h1-8H,9-11H2/t16-/m0/s1. The number of fused-ring (bicyclic) bond motifs is 3. The molecule has 2 aliphatic rings. The fourth-order valence-electron chi connectivity index (χ4n) is 2.92. The minimum absolute atomic E-state index is 0.551. The van der Waals surface area contributed by atoms with Crippen molar-refractivity contribution in [3.8, 4) is 0 Å². The molecule has 2 heteroatoms. The van der Waals surface area contributed by atoms with Gasteiger partial charge in [-0.1, -0.05) is 48.5 Å². The van der Waals surface area contributed by atoms with E-state index in [4.69, 9.17) is 9.47 Å².